The van der Waals surface area contributed by atoms with Gasteiger partial charge in [-0.2, -0.15) is 0 Å². The average Bonchev–Trinajstić information content (AvgIpc) is 3.26. The molecule has 4 rings (SSSR count). The van der Waals surface area contributed by atoms with Crippen LogP contribution in [0.5, 0.6) is 0 Å². The summed E-state index contributed by atoms with van der Waals surface area (Å²) in [5.74, 6) is 0.460. The Morgan fingerprint density at radius 1 is 1.29 bits per heavy atom. The molecule has 2 aliphatic rings. The van der Waals surface area contributed by atoms with Gasteiger partial charge in [-0.1, -0.05) is 26.0 Å². The van der Waals surface area contributed by atoms with Crippen molar-refractivity contribution in [1.29, 1.82) is 0 Å². The van der Waals surface area contributed by atoms with Gasteiger partial charge in [0.2, 0.25) is 0 Å². The molecule has 2 heterocycles. The molecule has 2 aromatic carbocycles. The molecule has 0 radical (unpaired) electrons. The highest BCUT2D eigenvalue weighted by atomic mass is 35.5. The molecule has 3 atom stereocenters. The van der Waals surface area contributed by atoms with Crippen molar-refractivity contribution >= 4 is 28.9 Å². The zero-order valence-corrected chi connectivity index (χ0v) is 18.3. The molecule has 8 heteroatoms. The topological polar surface area (TPSA) is 93.5 Å². The molecule has 0 saturated carbocycles. The van der Waals surface area contributed by atoms with Crippen molar-refractivity contribution in [3.05, 3.63) is 69.3 Å². The second-order valence-electron chi connectivity index (χ2n) is 8.90. The second kappa shape index (κ2) is 8.48. The van der Waals surface area contributed by atoms with E-state index in [9.17, 15) is 14.9 Å². The average molecular weight is 444 g/mol. The SMILES string of the molecule is CC(C)(CNC(=O)c1ccc(CCl)cc1)C1Nc2ccc([N+](=O)[O-])cc2C2OCCC21. The highest BCUT2D eigenvalue weighted by molar-refractivity contribution is 6.17. The summed E-state index contributed by atoms with van der Waals surface area (Å²) < 4.78 is 6.00. The van der Waals surface area contributed by atoms with Crippen LogP contribution < -0.4 is 10.6 Å². The number of non-ortho nitro benzene ring substituents is 1. The number of nitro benzene ring substituents is 1. The summed E-state index contributed by atoms with van der Waals surface area (Å²) in [6, 6.07) is 12.2. The van der Waals surface area contributed by atoms with Crippen molar-refractivity contribution in [2.45, 2.75) is 38.3 Å². The van der Waals surface area contributed by atoms with Gasteiger partial charge in [0.15, 0.2) is 0 Å². The lowest BCUT2D eigenvalue weighted by Crippen LogP contribution is -2.51. The highest BCUT2D eigenvalue weighted by Gasteiger charge is 2.47. The first-order chi connectivity index (χ1) is 14.8. The number of ether oxygens (including phenoxy) is 1. The third kappa shape index (κ3) is 4.25. The van der Waals surface area contributed by atoms with Gasteiger partial charge >= 0.3 is 0 Å². The van der Waals surface area contributed by atoms with Crippen LogP contribution in [-0.4, -0.2) is 30.0 Å². The molecular formula is C23H26ClN3O4. The normalized spacial score (nSPS) is 22.2. The summed E-state index contributed by atoms with van der Waals surface area (Å²) in [6.07, 6.45) is 0.682. The zero-order valence-electron chi connectivity index (χ0n) is 17.6. The maximum Gasteiger partial charge on any atom is 0.269 e. The summed E-state index contributed by atoms with van der Waals surface area (Å²) in [5.41, 5.74) is 3.06. The fourth-order valence-electron chi connectivity index (χ4n) is 4.61. The predicted molar refractivity (Wildman–Crippen MR) is 119 cm³/mol. The number of benzene rings is 2. The molecule has 164 valence electrons. The molecule has 0 spiro atoms. The number of fused-ring (bicyclic) bond motifs is 3. The van der Waals surface area contributed by atoms with Crippen LogP contribution in [0.2, 0.25) is 0 Å². The molecule has 31 heavy (non-hydrogen) atoms. The molecule has 1 amide bonds. The summed E-state index contributed by atoms with van der Waals surface area (Å²) in [4.78, 5) is 23.5. The van der Waals surface area contributed by atoms with Crippen LogP contribution in [0.15, 0.2) is 42.5 Å². The van der Waals surface area contributed by atoms with Crippen molar-refractivity contribution in [1.82, 2.24) is 5.32 Å². The predicted octanol–water partition coefficient (Wildman–Crippen LogP) is 4.66. The maximum absolute atomic E-state index is 12.6. The first-order valence-corrected chi connectivity index (χ1v) is 10.9. The van der Waals surface area contributed by atoms with Gasteiger partial charge < -0.3 is 15.4 Å². The smallest absolute Gasteiger partial charge is 0.269 e. The monoisotopic (exact) mass is 443 g/mol. The third-order valence-electron chi connectivity index (χ3n) is 6.35. The van der Waals surface area contributed by atoms with E-state index in [4.69, 9.17) is 16.3 Å². The second-order valence-corrected chi connectivity index (χ2v) is 9.16. The van der Waals surface area contributed by atoms with Crippen LogP contribution in [-0.2, 0) is 10.6 Å². The van der Waals surface area contributed by atoms with Gasteiger partial charge in [-0.3, -0.25) is 14.9 Å². The Labute approximate surface area is 186 Å². The summed E-state index contributed by atoms with van der Waals surface area (Å²) in [7, 11) is 0. The van der Waals surface area contributed by atoms with Gasteiger partial charge in [-0.15, -0.1) is 11.6 Å². The highest BCUT2D eigenvalue weighted by Crippen LogP contribution is 2.49. The Kier molecular flexibility index (Phi) is 5.90. The largest absolute Gasteiger partial charge is 0.381 e. The van der Waals surface area contributed by atoms with Crippen LogP contribution >= 0.6 is 11.6 Å². The van der Waals surface area contributed by atoms with E-state index in [0.717, 1.165) is 23.2 Å². The number of carbonyl (C=O) groups excluding carboxylic acids is 1. The third-order valence-corrected chi connectivity index (χ3v) is 6.65. The van der Waals surface area contributed by atoms with Crippen LogP contribution in [0.4, 0.5) is 11.4 Å². The molecule has 0 aromatic heterocycles. The molecule has 3 unspecified atom stereocenters. The number of rotatable bonds is 6. The van der Waals surface area contributed by atoms with Crippen LogP contribution in [0.25, 0.3) is 0 Å². The van der Waals surface area contributed by atoms with Gasteiger partial charge in [0.1, 0.15) is 0 Å². The first kappa shape index (κ1) is 21.6. The van der Waals surface area contributed by atoms with Crippen molar-refractivity contribution in [3.63, 3.8) is 0 Å². The summed E-state index contributed by atoms with van der Waals surface area (Å²) in [6.45, 7) is 5.33. The van der Waals surface area contributed by atoms with Crippen molar-refractivity contribution in [2.75, 3.05) is 18.5 Å². The Bertz CT molecular complexity index is 993. The lowest BCUT2D eigenvalue weighted by Gasteiger charge is -2.44. The lowest BCUT2D eigenvalue weighted by atomic mass is 9.71. The number of anilines is 1. The minimum Gasteiger partial charge on any atom is -0.381 e. The summed E-state index contributed by atoms with van der Waals surface area (Å²) >= 11 is 5.82. The number of hydrogen-bond donors (Lipinski definition) is 2. The van der Waals surface area contributed by atoms with Crippen molar-refractivity contribution in [3.8, 4) is 0 Å². The number of nitrogens with one attached hydrogen (secondary N) is 2. The van der Waals surface area contributed by atoms with E-state index in [1.54, 1.807) is 24.3 Å². The van der Waals surface area contributed by atoms with E-state index in [0.29, 0.717) is 24.6 Å². The van der Waals surface area contributed by atoms with E-state index in [2.05, 4.69) is 24.5 Å². The number of alkyl halides is 1. The Balaban J connectivity index is 1.51. The maximum atomic E-state index is 12.6. The fourth-order valence-corrected chi connectivity index (χ4v) is 4.79. The van der Waals surface area contributed by atoms with E-state index in [1.807, 2.05) is 12.1 Å². The fraction of sp³-hybridized carbons (Fsp3) is 0.435. The molecule has 0 aliphatic carbocycles. The first-order valence-electron chi connectivity index (χ1n) is 10.4. The molecule has 7 nitrogen and oxygen atoms in total. The molecule has 0 bridgehead atoms. The zero-order chi connectivity index (χ0) is 22.2. The van der Waals surface area contributed by atoms with Crippen LogP contribution in [0, 0.1) is 21.4 Å². The standard InChI is InChI=1S/C23H26ClN3O4/c1-23(2,13-25-22(28)15-5-3-14(12-24)4-6-15)21-17-9-10-31-20(17)18-11-16(27(29)30)7-8-19(18)26-21/h3-8,11,17,20-21,26H,9-10,12-13H2,1-2H3,(H,25,28). The van der Waals surface area contributed by atoms with E-state index in [-0.39, 0.29) is 40.0 Å². The lowest BCUT2D eigenvalue weighted by molar-refractivity contribution is -0.385. The van der Waals surface area contributed by atoms with Crippen molar-refractivity contribution < 1.29 is 14.5 Å². The van der Waals surface area contributed by atoms with Crippen LogP contribution in [0.3, 0.4) is 0 Å². The molecule has 2 aromatic rings. The number of halogens is 1. The number of hydrogen-bond acceptors (Lipinski definition) is 5. The Morgan fingerprint density at radius 2 is 2.03 bits per heavy atom. The molecule has 1 fully saturated rings. The molecular weight excluding hydrogens is 418 g/mol. The van der Waals surface area contributed by atoms with Crippen molar-refractivity contribution in [2.24, 2.45) is 11.3 Å². The van der Waals surface area contributed by atoms with Gasteiger partial charge in [0.05, 0.1) is 11.0 Å². The van der Waals surface area contributed by atoms with E-state index < -0.39 is 0 Å². The van der Waals surface area contributed by atoms with Gasteiger partial charge in [0, 0.05) is 65.4 Å². The number of amides is 1. The number of nitro groups is 1. The van der Waals surface area contributed by atoms with Gasteiger partial charge in [-0.05, 0) is 30.2 Å². The number of carbonyl (C=O) groups is 1. The summed E-state index contributed by atoms with van der Waals surface area (Å²) in [5, 5.41) is 17.8. The Hall–Kier alpha value is -2.64. The minimum absolute atomic E-state index is 0.0490. The number of nitrogens with zero attached hydrogens (tertiary/aromatic N) is 1. The van der Waals surface area contributed by atoms with Gasteiger partial charge in [0.25, 0.3) is 11.6 Å². The molecule has 2 aliphatic heterocycles. The van der Waals surface area contributed by atoms with Crippen LogP contribution in [0.1, 0.15) is 47.9 Å². The van der Waals surface area contributed by atoms with E-state index in [1.165, 1.54) is 6.07 Å². The quantitative estimate of drug-likeness (QED) is 0.384. The Morgan fingerprint density at radius 3 is 2.71 bits per heavy atom. The van der Waals surface area contributed by atoms with E-state index >= 15 is 0 Å². The molecule has 1 saturated heterocycles. The minimum atomic E-state index is -0.379. The van der Waals surface area contributed by atoms with Gasteiger partial charge in [-0.25, -0.2) is 0 Å². The molecule has 2 N–H and O–H groups in total.